The van der Waals surface area contributed by atoms with Crippen LogP contribution in [0.25, 0.3) is 0 Å². The minimum atomic E-state index is -0.0891. The molecule has 1 aromatic rings. The SMILES string of the molecule is Cc1cc2c(cc1C(=O)NC1CCN(C(=O)N3CCCC3)CC1)OCCO2. The van der Waals surface area contributed by atoms with E-state index in [0.29, 0.717) is 43.4 Å². The Morgan fingerprint density at radius 1 is 0.963 bits per heavy atom. The molecule has 1 N–H and O–H groups in total. The molecule has 0 unspecified atom stereocenters. The van der Waals surface area contributed by atoms with Gasteiger partial charge in [-0.05, 0) is 50.3 Å². The van der Waals surface area contributed by atoms with Crippen molar-refractivity contribution >= 4 is 11.9 Å². The van der Waals surface area contributed by atoms with Crippen molar-refractivity contribution in [3.8, 4) is 11.5 Å². The Morgan fingerprint density at radius 3 is 2.22 bits per heavy atom. The van der Waals surface area contributed by atoms with Crippen molar-refractivity contribution in [2.75, 3.05) is 39.4 Å². The molecule has 0 radical (unpaired) electrons. The number of nitrogens with one attached hydrogen (secondary N) is 1. The Balaban J connectivity index is 1.34. The van der Waals surface area contributed by atoms with Gasteiger partial charge >= 0.3 is 6.03 Å². The summed E-state index contributed by atoms with van der Waals surface area (Å²) in [5, 5.41) is 3.12. The summed E-state index contributed by atoms with van der Waals surface area (Å²) in [6.07, 6.45) is 3.78. The monoisotopic (exact) mass is 373 g/mol. The topological polar surface area (TPSA) is 71.1 Å². The number of hydrogen-bond acceptors (Lipinski definition) is 4. The molecule has 1 aromatic carbocycles. The van der Waals surface area contributed by atoms with Gasteiger partial charge in [-0.3, -0.25) is 4.79 Å². The molecule has 3 amide bonds. The van der Waals surface area contributed by atoms with Crippen molar-refractivity contribution in [2.45, 2.75) is 38.6 Å². The van der Waals surface area contributed by atoms with Crippen molar-refractivity contribution in [3.05, 3.63) is 23.3 Å². The molecule has 7 heteroatoms. The second-order valence-electron chi connectivity index (χ2n) is 7.52. The number of ether oxygens (including phenoxy) is 2. The third-order valence-corrected chi connectivity index (χ3v) is 5.61. The summed E-state index contributed by atoms with van der Waals surface area (Å²) < 4.78 is 11.2. The van der Waals surface area contributed by atoms with Crippen molar-refractivity contribution in [3.63, 3.8) is 0 Å². The Morgan fingerprint density at radius 2 is 1.56 bits per heavy atom. The molecule has 0 spiro atoms. The van der Waals surface area contributed by atoms with Crippen molar-refractivity contribution in [1.82, 2.24) is 15.1 Å². The highest BCUT2D eigenvalue weighted by atomic mass is 16.6. The molecule has 0 atom stereocenters. The summed E-state index contributed by atoms with van der Waals surface area (Å²) in [5.74, 6) is 1.24. The zero-order valence-corrected chi connectivity index (χ0v) is 15.8. The van der Waals surface area contributed by atoms with E-state index in [1.165, 1.54) is 0 Å². The number of carbonyl (C=O) groups excluding carboxylic acids is 2. The van der Waals surface area contributed by atoms with Gasteiger partial charge in [0.2, 0.25) is 0 Å². The minimum absolute atomic E-state index is 0.0891. The predicted octanol–water partition coefficient (Wildman–Crippen LogP) is 2.18. The summed E-state index contributed by atoms with van der Waals surface area (Å²) in [6.45, 7) is 6.08. The van der Waals surface area contributed by atoms with Crippen molar-refractivity contribution in [1.29, 1.82) is 0 Å². The number of rotatable bonds is 2. The van der Waals surface area contributed by atoms with Gasteiger partial charge in [0.1, 0.15) is 13.2 Å². The number of carbonyl (C=O) groups is 2. The first kappa shape index (κ1) is 17.9. The summed E-state index contributed by atoms with van der Waals surface area (Å²) >= 11 is 0. The van der Waals surface area contributed by atoms with Gasteiger partial charge in [0.05, 0.1) is 0 Å². The van der Waals surface area contributed by atoms with Gasteiger partial charge in [0.25, 0.3) is 5.91 Å². The maximum atomic E-state index is 12.7. The molecule has 2 fully saturated rings. The van der Waals surface area contributed by atoms with E-state index in [4.69, 9.17) is 9.47 Å². The van der Waals surface area contributed by atoms with Gasteiger partial charge in [-0.15, -0.1) is 0 Å². The normalized spacial score (nSPS) is 19.9. The third kappa shape index (κ3) is 3.82. The van der Waals surface area contributed by atoms with Gasteiger partial charge in [-0.1, -0.05) is 0 Å². The number of urea groups is 1. The van der Waals surface area contributed by atoms with E-state index in [1.54, 1.807) is 6.07 Å². The van der Waals surface area contributed by atoms with Crippen LogP contribution in [0.1, 0.15) is 41.6 Å². The average molecular weight is 373 g/mol. The molecule has 0 bridgehead atoms. The van der Waals surface area contributed by atoms with Crippen LogP contribution in [0.4, 0.5) is 4.79 Å². The highest BCUT2D eigenvalue weighted by Gasteiger charge is 2.29. The Labute approximate surface area is 159 Å². The molecule has 3 aliphatic heterocycles. The van der Waals surface area contributed by atoms with Crippen LogP contribution in [-0.2, 0) is 0 Å². The van der Waals surface area contributed by atoms with Crippen LogP contribution in [0.3, 0.4) is 0 Å². The number of hydrogen-bond donors (Lipinski definition) is 1. The zero-order chi connectivity index (χ0) is 18.8. The summed E-state index contributed by atoms with van der Waals surface area (Å²) in [5.41, 5.74) is 1.49. The molecule has 3 aliphatic rings. The van der Waals surface area contributed by atoms with Crippen LogP contribution >= 0.6 is 0 Å². The van der Waals surface area contributed by atoms with E-state index in [-0.39, 0.29) is 18.0 Å². The highest BCUT2D eigenvalue weighted by molar-refractivity contribution is 5.96. The predicted molar refractivity (Wildman–Crippen MR) is 100 cm³/mol. The van der Waals surface area contributed by atoms with E-state index >= 15 is 0 Å². The lowest BCUT2D eigenvalue weighted by molar-refractivity contribution is 0.0911. The van der Waals surface area contributed by atoms with Crippen molar-refractivity contribution < 1.29 is 19.1 Å². The van der Waals surface area contributed by atoms with E-state index < -0.39 is 0 Å². The zero-order valence-electron chi connectivity index (χ0n) is 15.8. The van der Waals surface area contributed by atoms with Gasteiger partial charge in [0, 0.05) is 37.8 Å². The minimum Gasteiger partial charge on any atom is -0.486 e. The van der Waals surface area contributed by atoms with Crippen LogP contribution in [0.15, 0.2) is 12.1 Å². The first-order valence-electron chi connectivity index (χ1n) is 9.87. The van der Waals surface area contributed by atoms with E-state index in [2.05, 4.69) is 5.32 Å². The first-order chi connectivity index (χ1) is 13.1. The first-order valence-corrected chi connectivity index (χ1v) is 9.87. The number of fused-ring (bicyclic) bond motifs is 1. The molecular weight excluding hydrogens is 346 g/mol. The van der Waals surface area contributed by atoms with Crippen LogP contribution in [0, 0.1) is 6.92 Å². The quantitative estimate of drug-likeness (QED) is 0.863. The summed E-state index contributed by atoms with van der Waals surface area (Å²) in [4.78, 5) is 29.1. The largest absolute Gasteiger partial charge is 0.486 e. The molecule has 4 rings (SSSR count). The fourth-order valence-corrected chi connectivity index (χ4v) is 4.02. The molecule has 2 saturated heterocycles. The fourth-order valence-electron chi connectivity index (χ4n) is 4.02. The molecular formula is C20H27N3O4. The number of aryl methyl sites for hydroxylation is 1. The Kier molecular flexibility index (Phi) is 5.09. The summed E-state index contributed by atoms with van der Waals surface area (Å²) in [7, 11) is 0. The molecule has 146 valence electrons. The molecule has 27 heavy (non-hydrogen) atoms. The molecule has 0 saturated carbocycles. The number of amides is 3. The van der Waals surface area contributed by atoms with Crippen molar-refractivity contribution in [2.24, 2.45) is 0 Å². The molecule has 7 nitrogen and oxygen atoms in total. The number of nitrogens with zero attached hydrogens (tertiary/aromatic N) is 2. The Bertz CT molecular complexity index is 722. The van der Waals surface area contributed by atoms with Crippen LogP contribution in [-0.4, -0.2) is 67.2 Å². The summed E-state index contributed by atoms with van der Waals surface area (Å²) in [6, 6.07) is 3.87. The molecule has 0 aliphatic carbocycles. The maximum absolute atomic E-state index is 12.7. The fraction of sp³-hybridized carbons (Fsp3) is 0.600. The van der Waals surface area contributed by atoms with E-state index in [0.717, 1.165) is 44.3 Å². The lowest BCUT2D eigenvalue weighted by atomic mass is 10.0. The van der Waals surface area contributed by atoms with Gasteiger partial charge < -0.3 is 24.6 Å². The van der Waals surface area contributed by atoms with Crippen LogP contribution in [0.2, 0.25) is 0 Å². The second-order valence-corrected chi connectivity index (χ2v) is 7.52. The maximum Gasteiger partial charge on any atom is 0.319 e. The Hall–Kier alpha value is -2.44. The van der Waals surface area contributed by atoms with Gasteiger partial charge in [-0.25, -0.2) is 4.79 Å². The number of likely N-dealkylation sites (tertiary alicyclic amines) is 2. The molecule has 3 heterocycles. The van der Waals surface area contributed by atoms with Gasteiger partial charge in [-0.2, -0.15) is 0 Å². The smallest absolute Gasteiger partial charge is 0.319 e. The molecule has 0 aromatic heterocycles. The second kappa shape index (κ2) is 7.66. The number of piperidine rings is 1. The highest BCUT2D eigenvalue weighted by Crippen LogP contribution is 2.33. The lowest BCUT2D eigenvalue weighted by Gasteiger charge is -2.34. The third-order valence-electron chi connectivity index (χ3n) is 5.61. The lowest BCUT2D eigenvalue weighted by Crippen LogP contribution is -2.50. The number of benzene rings is 1. The van der Waals surface area contributed by atoms with Crippen LogP contribution in [0.5, 0.6) is 11.5 Å². The van der Waals surface area contributed by atoms with E-state index in [9.17, 15) is 9.59 Å². The average Bonchev–Trinajstić information content (AvgIpc) is 3.22. The van der Waals surface area contributed by atoms with Crippen LogP contribution < -0.4 is 14.8 Å². The van der Waals surface area contributed by atoms with E-state index in [1.807, 2.05) is 22.8 Å². The standard InChI is InChI=1S/C20H27N3O4/c1-14-12-17-18(27-11-10-26-17)13-16(14)19(24)21-15-4-8-23(9-5-15)20(25)22-6-2-3-7-22/h12-13,15H,2-11H2,1H3,(H,21,24). The van der Waals surface area contributed by atoms with Gasteiger partial charge in [0.15, 0.2) is 11.5 Å².